The highest BCUT2D eigenvalue weighted by Gasteiger charge is 2.48. The molecule has 1 heterocycles. The topological polar surface area (TPSA) is 35.5 Å². The molecule has 4 heteroatoms. The maximum Gasteiger partial charge on any atom is 0.166 e. The lowest BCUT2D eigenvalue weighted by Crippen LogP contribution is -2.62. The maximum absolute atomic E-state index is 13.6. The van der Waals surface area contributed by atoms with E-state index in [1.165, 1.54) is 10.4 Å². The smallest absolute Gasteiger partial charge is 0.166 e. The van der Waals surface area contributed by atoms with Gasteiger partial charge in [0.15, 0.2) is 5.79 Å². The Labute approximate surface area is 170 Å². The van der Waals surface area contributed by atoms with Crippen molar-refractivity contribution in [1.29, 1.82) is 0 Å². The van der Waals surface area contributed by atoms with Crippen molar-refractivity contribution in [3.05, 3.63) is 60.7 Å². The second kappa shape index (κ2) is 8.72. The summed E-state index contributed by atoms with van der Waals surface area (Å²) in [5.74, 6) is -0.0232. The molecule has 1 unspecified atom stereocenters. The van der Waals surface area contributed by atoms with Gasteiger partial charge >= 0.3 is 0 Å². The minimum absolute atomic E-state index is 0.109. The van der Waals surface area contributed by atoms with Crippen molar-refractivity contribution in [3.8, 4) is 0 Å². The predicted octanol–water partition coefficient (Wildman–Crippen LogP) is 4.02. The van der Waals surface area contributed by atoms with Crippen molar-refractivity contribution in [1.82, 2.24) is 0 Å². The molecule has 0 spiro atoms. The number of Topliss-reactive ketones (excluding diaryl/α,β-unsaturated/α-hetero) is 1. The first-order valence-corrected chi connectivity index (χ1v) is 12.8. The normalized spacial score (nSPS) is 17.6. The van der Waals surface area contributed by atoms with E-state index in [9.17, 15) is 4.79 Å². The Morgan fingerprint density at radius 2 is 1.43 bits per heavy atom. The van der Waals surface area contributed by atoms with E-state index in [2.05, 4.69) is 68.9 Å². The van der Waals surface area contributed by atoms with E-state index in [0.717, 1.165) is 0 Å². The molecule has 0 aliphatic carbocycles. The largest absolute Gasteiger partial charge is 0.348 e. The molecule has 1 fully saturated rings. The van der Waals surface area contributed by atoms with E-state index in [1.807, 2.05) is 19.1 Å². The second-order valence-electron chi connectivity index (χ2n) is 8.59. The molecular formula is C24H32O3Si. The van der Waals surface area contributed by atoms with Crippen LogP contribution in [-0.4, -0.2) is 32.9 Å². The van der Waals surface area contributed by atoms with E-state index in [0.29, 0.717) is 37.8 Å². The molecule has 2 aromatic carbocycles. The molecule has 1 aliphatic heterocycles. The molecule has 0 bridgehead atoms. The summed E-state index contributed by atoms with van der Waals surface area (Å²) in [7, 11) is -2.39. The fourth-order valence-corrected chi connectivity index (χ4v) is 8.82. The third kappa shape index (κ3) is 4.45. The van der Waals surface area contributed by atoms with Crippen molar-refractivity contribution >= 4 is 24.2 Å². The molecular weight excluding hydrogens is 364 g/mol. The number of carbonyl (C=O) groups excluding carboxylic acids is 1. The zero-order valence-electron chi connectivity index (χ0n) is 17.5. The summed E-state index contributed by atoms with van der Waals surface area (Å²) in [4.78, 5) is 13.6. The fourth-order valence-electron chi connectivity index (χ4n) is 4.37. The summed E-state index contributed by atoms with van der Waals surface area (Å²) >= 11 is 0. The summed E-state index contributed by atoms with van der Waals surface area (Å²) in [5.41, 5.74) is -0.109. The van der Waals surface area contributed by atoms with Crippen LogP contribution in [0.5, 0.6) is 0 Å². The summed E-state index contributed by atoms with van der Waals surface area (Å²) in [5, 5.41) is 2.56. The number of carbonyl (C=O) groups is 1. The van der Waals surface area contributed by atoms with Gasteiger partial charge in [-0.3, -0.25) is 4.79 Å². The number of benzene rings is 2. The minimum Gasteiger partial charge on any atom is -0.348 e. The van der Waals surface area contributed by atoms with Crippen molar-refractivity contribution in [2.45, 2.75) is 51.5 Å². The molecule has 0 radical (unpaired) electrons. The zero-order valence-corrected chi connectivity index (χ0v) is 18.5. The van der Waals surface area contributed by atoms with Crippen LogP contribution >= 0.6 is 0 Å². The van der Waals surface area contributed by atoms with Crippen molar-refractivity contribution in [2.75, 3.05) is 13.2 Å². The van der Waals surface area contributed by atoms with Crippen molar-refractivity contribution in [3.63, 3.8) is 0 Å². The van der Waals surface area contributed by atoms with Gasteiger partial charge in [0, 0.05) is 18.4 Å². The predicted molar refractivity (Wildman–Crippen MR) is 117 cm³/mol. The number of hydrogen-bond donors (Lipinski definition) is 0. The SMILES string of the molecule is CC(C)CC(=O)C(CC1(C)OCCO1)[Si](C)(c1ccccc1)c1ccccc1. The molecule has 1 atom stereocenters. The molecule has 28 heavy (non-hydrogen) atoms. The van der Waals surface area contributed by atoms with Crippen LogP contribution < -0.4 is 10.4 Å². The van der Waals surface area contributed by atoms with E-state index >= 15 is 0 Å². The molecule has 1 aliphatic rings. The Bertz CT molecular complexity index is 727. The van der Waals surface area contributed by atoms with Gasteiger partial charge in [0.05, 0.1) is 13.2 Å². The van der Waals surface area contributed by atoms with E-state index in [4.69, 9.17) is 9.47 Å². The Balaban J connectivity index is 2.11. The van der Waals surface area contributed by atoms with Gasteiger partial charge < -0.3 is 9.47 Å². The molecule has 0 amide bonds. The second-order valence-corrected chi connectivity index (χ2v) is 12.8. The average molecular weight is 397 g/mol. The van der Waals surface area contributed by atoms with Crippen LogP contribution in [0.4, 0.5) is 0 Å². The molecule has 2 aromatic rings. The Morgan fingerprint density at radius 3 is 1.86 bits per heavy atom. The fraction of sp³-hybridized carbons (Fsp3) is 0.458. The molecule has 1 saturated heterocycles. The molecule has 3 rings (SSSR count). The van der Waals surface area contributed by atoms with Crippen molar-refractivity contribution < 1.29 is 14.3 Å². The van der Waals surface area contributed by atoms with Crippen LogP contribution in [0.3, 0.4) is 0 Å². The Hall–Kier alpha value is -1.75. The van der Waals surface area contributed by atoms with Crippen LogP contribution in [-0.2, 0) is 14.3 Å². The van der Waals surface area contributed by atoms with Gasteiger partial charge in [0.1, 0.15) is 13.9 Å². The lowest BCUT2D eigenvalue weighted by molar-refractivity contribution is -0.151. The van der Waals surface area contributed by atoms with Crippen LogP contribution in [0.15, 0.2) is 60.7 Å². The first-order chi connectivity index (χ1) is 13.3. The molecule has 0 N–H and O–H groups in total. The minimum atomic E-state index is -2.39. The molecule has 0 aromatic heterocycles. The number of rotatable bonds is 8. The molecule has 0 saturated carbocycles. The van der Waals surface area contributed by atoms with Gasteiger partial charge in [-0.1, -0.05) is 91.4 Å². The highest BCUT2D eigenvalue weighted by molar-refractivity contribution is 7.04. The molecule has 150 valence electrons. The monoisotopic (exact) mass is 396 g/mol. The van der Waals surface area contributed by atoms with Gasteiger partial charge in [-0.15, -0.1) is 0 Å². The average Bonchev–Trinajstić information content (AvgIpc) is 3.13. The van der Waals surface area contributed by atoms with Gasteiger partial charge in [0.25, 0.3) is 0 Å². The van der Waals surface area contributed by atoms with Gasteiger partial charge in [0.2, 0.25) is 0 Å². The van der Waals surface area contributed by atoms with E-state index in [-0.39, 0.29) is 5.54 Å². The first-order valence-electron chi connectivity index (χ1n) is 10.3. The summed E-state index contributed by atoms with van der Waals surface area (Å²) < 4.78 is 11.9. The molecule has 3 nitrogen and oxygen atoms in total. The van der Waals surface area contributed by atoms with Gasteiger partial charge in [-0.2, -0.15) is 0 Å². The Morgan fingerprint density at radius 1 is 0.964 bits per heavy atom. The standard InChI is InChI=1S/C24H32O3Si/c1-19(2)17-22(25)23(18-24(3)26-15-16-27-24)28(4,20-11-7-5-8-12-20)21-13-9-6-10-14-21/h5-14,19,23H,15-18H2,1-4H3. The lowest BCUT2D eigenvalue weighted by atomic mass is 10.0. The van der Waals surface area contributed by atoms with E-state index < -0.39 is 13.9 Å². The number of hydrogen-bond acceptors (Lipinski definition) is 3. The quantitative estimate of drug-likeness (QED) is 0.632. The summed E-state index contributed by atoms with van der Waals surface area (Å²) in [6.45, 7) is 9.73. The first kappa shape index (κ1) is 21.0. The van der Waals surface area contributed by atoms with Crippen LogP contribution in [0.1, 0.15) is 33.6 Å². The summed E-state index contributed by atoms with van der Waals surface area (Å²) in [6.07, 6.45) is 1.19. The van der Waals surface area contributed by atoms with Crippen LogP contribution in [0, 0.1) is 5.92 Å². The maximum atomic E-state index is 13.6. The Kier molecular flexibility index (Phi) is 6.53. The third-order valence-corrected chi connectivity index (χ3v) is 10.9. The lowest BCUT2D eigenvalue weighted by Gasteiger charge is -2.39. The highest BCUT2D eigenvalue weighted by atomic mass is 28.3. The van der Waals surface area contributed by atoms with E-state index in [1.54, 1.807) is 0 Å². The van der Waals surface area contributed by atoms with Crippen LogP contribution in [0.25, 0.3) is 0 Å². The van der Waals surface area contributed by atoms with Gasteiger partial charge in [-0.25, -0.2) is 0 Å². The zero-order chi connectivity index (χ0) is 20.2. The number of ketones is 1. The van der Waals surface area contributed by atoms with Gasteiger partial charge in [-0.05, 0) is 12.8 Å². The summed E-state index contributed by atoms with van der Waals surface area (Å²) in [6, 6.07) is 21.2. The van der Waals surface area contributed by atoms with Crippen molar-refractivity contribution in [2.24, 2.45) is 5.92 Å². The van der Waals surface area contributed by atoms with Crippen LogP contribution in [0.2, 0.25) is 12.1 Å². The highest BCUT2D eigenvalue weighted by Crippen LogP contribution is 2.37. The third-order valence-electron chi connectivity index (χ3n) is 5.91. The number of ether oxygens (including phenoxy) is 2.